The summed E-state index contributed by atoms with van der Waals surface area (Å²) in [5.41, 5.74) is 2.50. The van der Waals surface area contributed by atoms with Crippen molar-refractivity contribution in [2.24, 2.45) is 0 Å². The van der Waals surface area contributed by atoms with Gasteiger partial charge in [-0.25, -0.2) is 13.6 Å². The van der Waals surface area contributed by atoms with Crippen molar-refractivity contribution in [1.82, 2.24) is 10.3 Å². The first-order valence-corrected chi connectivity index (χ1v) is 8.48. The SMILES string of the molecule is Fc1ccc(C#Cc2ccncc2)cc1.O=C1NC[C@H](c2ccc(F)cc2)O1. The molecule has 1 aliphatic heterocycles. The Labute approximate surface area is 161 Å². The van der Waals surface area contributed by atoms with Gasteiger partial charge in [0.15, 0.2) is 0 Å². The Hall–Kier alpha value is -3.72. The Kier molecular flexibility index (Phi) is 6.32. The van der Waals surface area contributed by atoms with Crippen LogP contribution in [0.5, 0.6) is 0 Å². The van der Waals surface area contributed by atoms with Gasteiger partial charge in [0, 0.05) is 23.5 Å². The molecule has 28 heavy (non-hydrogen) atoms. The van der Waals surface area contributed by atoms with E-state index in [-0.39, 0.29) is 17.7 Å². The Morgan fingerprint density at radius 3 is 1.93 bits per heavy atom. The Balaban J connectivity index is 0.000000162. The summed E-state index contributed by atoms with van der Waals surface area (Å²) in [7, 11) is 0. The highest BCUT2D eigenvalue weighted by Crippen LogP contribution is 2.20. The number of carbonyl (C=O) groups is 1. The molecule has 0 spiro atoms. The van der Waals surface area contributed by atoms with E-state index in [0.717, 1.165) is 16.7 Å². The molecule has 0 saturated carbocycles. The predicted octanol–water partition coefficient (Wildman–Crippen LogP) is 4.23. The van der Waals surface area contributed by atoms with Crippen LogP contribution >= 0.6 is 0 Å². The van der Waals surface area contributed by atoms with E-state index in [9.17, 15) is 13.6 Å². The fraction of sp³-hybridized carbons (Fsp3) is 0.0909. The first-order chi connectivity index (χ1) is 13.6. The summed E-state index contributed by atoms with van der Waals surface area (Å²) >= 11 is 0. The van der Waals surface area contributed by atoms with Crippen molar-refractivity contribution in [1.29, 1.82) is 0 Å². The van der Waals surface area contributed by atoms with Crippen molar-refractivity contribution in [3.05, 3.63) is 101 Å². The number of rotatable bonds is 1. The molecule has 1 aromatic heterocycles. The third kappa shape index (κ3) is 5.64. The minimum absolute atomic E-state index is 0.246. The molecular formula is C22H16F2N2O2. The molecule has 0 aliphatic carbocycles. The molecule has 6 heteroatoms. The molecule has 1 amide bonds. The number of amides is 1. The maximum Gasteiger partial charge on any atom is 0.407 e. The molecule has 4 rings (SSSR count). The molecule has 4 nitrogen and oxygen atoms in total. The minimum Gasteiger partial charge on any atom is -0.439 e. The number of nitrogens with zero attached hydrogens (tertiary/aromatic N) is 1. The van der Waals surface area contributed by atoms with Gasteiger partial charge < -0.3 is 10.1 Å². The Morgan fingerprint density at radius 2 is 1.39 bits per heavy atom. The first-order valence-electron chi connectivity index (χ1n) is 8.48. The zero-order valence-corrected chi connectivity index (χ0v) is 14.7. The summed E-state index contributed by atoms with van der Waals surface area (Å²) in [6.07, 6.45) is 2.67. The molecule has 1 aliphatic rings. The highest BCUT2D eigenvalue weighted by Gasteiger charge is 2.23. The predicted molar refractivity (Wildman–Crippen MR) is 100 cm³/mol. The third-order valence-corrected chi connectivity index (χ3v) is 3.80. The van der Waals surface area contributed by atoms with Crippen LogP contribution in [0, 0.1) is 23.5 Å². The lowest BCUT2D eigenvalue weighted by Gasteiger charge is -2.06. The molecule has 0 unspecified atom stereocenters. The Bertz CT molecular complexity index is 979. The number of carbonyl (C=O) groups excluding carboxylic acids is 1. The first kappa shape index (κ1) is 19.1. The average molecular weight is 378 g/mol. The van der Waals surface area contributed by atoms with Crippen LogP contribution in [-0.2, 0) is 4.74 Å². The average Bonchev–Trinajstić information content (AvgIpc) is 3.16. The molecule has 0 radical (unpaired) electrons. The van der Waals surface area contributed by atoms with E-state index in [1.165, 1.54) is 24.3 Å². The summed E-state index contributed by atoms with van der Waals surface area (Å²) in [5, 5.41) is 2.53. The van der Waals surface area contributed by atoms with Gasteiger partial charge in [-0.2, -0.15) is 0 Å². The van der Waals surface area contributed by atoms with Crippen LogP contribution in [-0.4, -0.2) is 17.6 Å². The van der Waals surface area contributed by atoms with E-state index >= 15 is 0 Å². The number of aromatic nitrogens is 1. The molecule has 1 atom stereocenters. The number of ether oxygens (including phenoxy) is 1. The molecule has 2 aromatic carbocycles. The zero-order chi connectivity index (χ0) is 19.8. The van der Waals surface area contributed by atoms with Gasteiger partial charge >= 0.3 is 6.09 Å². The molecule has 3 aromatic rings. The van der Waals surface area contributed by atoms with Gasteiger partial charge in [-0.15, -0.1) is 0 Å². The highest BCUT2D eigenvalue weighted by atomic mass is 19.1. The van der Waals surface area contributed by atoms with Gasteiger partial charge in [0.1, 0.15) is 17.7 Å². The Morgan fingerprint density at radius 1 is 0.857 bits per heavy atom. The van der Waals surface area contributed by atoms with Crippen LogP contribution in [0.1, 0.15) is 22.8 Å². The second-order valence-electron chi connectivity index (χ2n) is 5.82. The van der Waals surface area contributed by atoms with Gasteiger partial charge in [0.25, 0.3) is 0 Å². The summed E-state index contributed by atoms with van der Waals surface area (Å²) in [5.74, 6) is 5.38. The van der Waals surface area contributed by atoms with Gasteiger partial charge in [0.05, 0.1) is 6.54 Å². The van der Waals surface area contributed by atoms with Crippen molar-refractivity contribution in [2.45, 2.75) is 6.10 Å². The molecule has 2 heterocycles. The molecule has 1 fully saturated rings. The fourth-order valence-corrected chi connectivity index (χ4v) is 2.36. The fourth-order valence-electron chi connectivity index (χ4n) is 2.36. The smallest absolute Gasteiger partial charge is 0.407 e. The van der Waals surface area contributed by atoms with Gasteiger partial charge in [-0.3, -0.25) is 4.98 Å². The van der Waals surface area contributed by atoms with Crippen LogP contribution in [0.15, 0.2) is 73.1 Å². The van der Waals surface area contributed by atoms with Gasteiger partial charge in [0.2, 0.25) is 0 Å². The quantitative estimate of drug-likeness (QED) is 0.645. The minimum atomic E-state index is -0.422. The van der Waals surface area contributed by atoms with Crippen molar-refractivity contribution in [2.75, 3.05) is 6.54 Å². The standard InChI is InChI=1S/C13H8FN.C9H8FNO2/c14-13-5-3-11(4-6-13)1-2-12-7-9-15-10-8-12;10-7-3-1-6(2-4-7)8-5-11-9(12)13-8/h3-10H;1-4,8H,5H2,(H,11,12)/t;8-/m.1/s1. The van der Waals surface area contributed by atoms with Crippen LogP contribution in [0.25, 0.3) is 0 Å². The topological polar surface area (TPSA) is 51.2 Å². The van der Waals surface area contributed by atoms with E-state index in [2.05, 4.69) is 22.1 Å². The number of hydrogen-bond donors (Lipinski definition) is 1. The number of nitrogens with one attached hydrogen (secondary N) is 1. The number of halogens is 2. The van der Waals surface area contributed by atoms with Crippen LogP contribution in [0.4, 0.5) is 13.6 Å². The molecule has 140 valence electrons. The number of cyclic esters (lactones) is 1. The molecule has 0 bridgehead atoms. The normalized spacial score (nSPS) is 14.6. The number of alkyl carbamates (subject to hydrolysis) is 1. The lowest BCUT2D eigenvalue weighted by Crippen LogP contribution is -2.12. The third-order valence-electron chi connectivity index (χ3n) is 3.80. The van der Waals surface area contributed by atoms with Crippen LogP contribution in [0.2, 0.25) is 0 Å². The second kappa shape index (κ2) is 9.28. The zero-order valence-electron chi connectivity index (χ0n) is 14.7. The van der Waals surface area contributed by atoms with E-state index in [1.54, 1.807) is 36.7 Å². The highest BCUT2D eigenvalue weighted by molar-refractivity contribution is 5.69. The van der Waals surface area contributed by atoms with Gasteiger partial charge in [-0.05, 0) is 54.1 Å². The number of benzene rings is 2. The van der Waals surface area contributed by atoms with Crippen molar-refractivity contribution < 1.29 is 18.3 Å². The van der Waals surface area contributed by atoms with Crippen molar-refractivity contribution in [3.63, 3.8) is 0 Å². The lowest BCUT2D eigenvalue weighted by molar-refractivity contribution is 0.141. The molecule has 1 N–H and O–H groups in total. The van der Waals surface area contributed by atoms with Gasteiger partial charge in [-0.1, -0.05) is 24.0 Å². The van der Waals surface area contributed by atoms with E-state index in [4.69, 9.17) is 4.74 Å². The van der Waals surface area contributed by atoms with Crippen LogP contribution < -0.4 is 5.32 Å². The van der Waals surface area contributed by atoms with Crippen molar-refractivity contribution in [3.8, 4) is 11.8 Å². The largest absolute Gasteiger partial charge is 0.439 e. The molecular weight excluding hydrogens is 362 g/mol. The van der Waals surface area contributed by atoms with E-state index in [1.807, 2.05) is 12.1 Å². The monoisotopic (exact) mass is 378 g/mol. The maximum atomic E-state index is 12.6. The summed E-state index contributed by atoms with van der Waals surface area (Å²) in [4.78, 5) is 14.6. The van der Waals surface area contributed by atoms with E-state index < -0.39 is 6.09 Å². The summed E-state index contributed by atoms with van der Waals surface area (Å²) in [6.45, 7) is 0.449. The van der Waals surface area contributed by atoms with Crippen molar-refractivity contribution >= 4 is 6.09 Å². The summed E-state index contributed by atoms with van der Waals surface area (Å²) < 4.78 is 30.0. The molecule has 1 saturated heterocycles. The number of pyridine rings is 1. The summed E-state index contributed by atoms with van der Waals surface area (Å²) in [6, 6.07) is 15.7. The van der Waals surface area contributed by atoms with E-state index in [0.29, 0.717) is 6.54 Å². The second-order valence-corrected chi connectivity index (χ2v) is 5.82. The lowest BCUT2D eigenvalue weighted by atomic mass is 10.1. The van der Waals surface area contributed by atoms with Crippen LogP contribution in [0.3, 0.4) is 0 Å². The number of hydrogen-bond acceptors (Lipinski definition) is 3. The maximum absolute atomic E-state index is 12.6.